The largest absolute Gasteiger partial charge is 0.383 e. The van der Waals surface area contributed by atoms with Gasteiger partial charge >= 0.3 is 0 Å². The van der Waals surface area contributed by atoms with Crippen molar-refractivity contribution >= 4 is 5.91 Å². The average molecular weight is 243 g/mol. The van der Waals surface area contributed by atoms with Crippen LogP contribution in [0, 0.1) is 5.92 Å². The van der Waals surface area contributed by atoms with Crippen molar-refractivity contribution in [3.8, 4) is 0 Å². The molecule has 0 aromatic heterocycles. The minimum Gasteiger partial charge on any atom is -0.383 e. The van der Waals surface area contributed by atoms with E-state index in [9.17, 15) is 4.79 Å². The molecule has 1 saturated carbocycles. The number of nitrogens with two attached hydrogens (primary N) is 1. The molecule has 0 heterocycles. The number of ether oxygens (including phenoxy) is 1. The van der Waals surface area contributed by atoms with E-state index in [1.165, 1.54) is 12.8 Å². The molecule has 5 nitrogen and oxygen atoms in total. The van der Waals surface area contributed by atoms with E-state index in [4.69, 9.17) is 10.5 Å². The van der Waals surface area contributed by atoms with Gasteiger partial charge in [-0.15, -0.1) is 0 Å². The molecule has 1 aliphatic carbocycles. The zero-order valence-electron chi connectivity index (χ0n) is 10.8. The lowest BCUT2D eigenvalue weighted by atomic mass is 10.3. The number of carbonyl (C=O) groups excluding carboxylic acids is 1. The molecular weight excluding hydrogens is 218 g/mol. The fraction of sp³-hybridized carbons (Fsp3) is 0.917. The summed E-state index contributed by atoms with van der Waals surface area (Å²) in [6.07, 6.45) is 3.45. The van der Waals surface area contributed by atoms with Crippen LogP contribution >= 0.6 is 0 Å². The number of methoxy groups -OCH3 is 1. The molecule has 0 unspecified atom stereocenters. The maximum Gasteiger partial charge on any atom is 0.234 e. The molecule has 0 aliphatic heterocycles. The predicted octanol–water partition coefficient (Wildman–Crippen LogP) is -0.190. The topological polar surface area (TPSA) is 67.6 Å². The molecule has 0 aromatic carbocycles. The van der Waals surface area contributed by atoms with Crippen molar-refractivity contribution in [2.24, 2.45) is 11.7 Å². The van der Waals surface area contributed by atoms with Crippen LogP contribution in [0.25, 0.3) is 0 Å². The average Bonchev–Trinajstić information content (AvgIpc) is 3.14. The lowest BCUT2D eigenvalue weighted by Crippen LogP contribution is -2.40. The second-order valence-electron chi connectivity index (χ2n) is 4.66. The molecule has 1 amide bonds. The Labute approximate surface area is 104 Å². The van der Waals surface area contributed by atoms with Gasteiger partial charge in [0.15, 0.2) is 0 Å². The summed E-state index contributed by atoms with van der Waals surface area (Å²) in [5.41, 5.74) is 5.48. The molecule has 100 valence electrons. The van der Waals surface area contributed by atoms with Gasteiger partial charge in [0.05, 0.1) is 13.2 Å². The summed E-state index contributed by atoms with van der Waals surface area (Å²) in [5.74, 6) is 0.848. The van der Waals surface area contributed by atoms with Gasteiger partial charge in [-0.25, -0.2) is 0 Å². The molecule has 1 rings (SSSR count). The van der Waals surface area contributed by atoms with Crippen LogP contribution in [-0.4, -0.2) is 57.2 Å². The molecule has 0 saturated heterocycles. The highest BCUT2D eigenvalue weighted by atomic mass is 16.5. The van der Waals surface area contributed by atoms with Gasteiger partial charge in [-0.1, -0.05) is 0 Å². The highest BCUT2D eigenvalue weighted by Crippen LogP contribution is 2.27. The van der Waals surface area contributed by atoms with Gasteiger partial charge in [-0.05, 0) is 38.3 Å². The first-order chi connectivity index (χ1) is 8.26. The molecule has 0 bridgehead atoms. The Kier molecular flexibility index (Phi) is 7.16. The lowest BCUT2D eigenvalue weighted by Gasteiger charge is -2.21. The number of amides is 1. The fourth-order valence-electron chi connectivity index (χ4n) is 1.64. The molecule has 3 N–H and O–H groups in total. The molecular formula is C12H25N3O2. The van der Waals surface area contributed by atoms with Crippen LogP contribution < -0.4 is 11.1 Å². The molecule has 17 heavy (non-hydrogen) atoms. The van der Waals surface area contributed by atoms with Crippen LogP contribution in [0.3, 0.4) is 0 Å². The van der Waals surface area contributed by atoms with Crippen LogP contribution in [0.5, 0.6) is 0 Å². The monoisotopic (exact) mass is 243 g/mol. The number of rotatable bonds is 10. The van der Waals surface area contributed by atoms with Gasteiger partial charge in [-0.2, -0.15) is 0 Å². The van der Waals surface area contributed by atoms with E-state index >= 15 is 0 Å². The van der Waals surface area contributed by atoms with Crippen LogP contribution in [-0.2, 0) is 9.53 Å². The van der Waals surface area contributed by atoms with Crippen LogP contribution in [0.2, 0.25) is 0 Å². The fourth-order valence-corrected chi connectivity index (χ4v) is 1.64. The van der Waals surface area contributed by atoms with Gasteiger partial charge in [0.2, 0.25) is 5.91 Å². The maximum absolute atomic E-state index is 11.7. The summed E-state index contributed by atoms with van der Waals surface area (Å²) in [7, 11) is 1.67. The van der Waals surface area contributed by atoms with E-state index in [1.807, 2.05) is 0 Å². The highest BCUT2D eigenvalue weighted by molar-refractivity contribution is 5.78. The first-order valence-corrected chi connectivity index (χ1v) is 6.44. The quantitative estimate of drug-likeness (QED) is 0.558. The van der Waals surface area contributed by atoms with Gasteiger partial charge < -0.3 is 15.8 Å². The van der Waals surface area contributed by atoms with Crippen molar-refractivity contribution in [3.63, 3.8) is 0 Å². The summed E-state index contributed by atoms with van der Waals surface area (Å²) in [6, 6.07) is 0. The van der Waals surface area contributed by atoms with E-state index in [0.717, 1.165) is 32.0 Å². The lowest BCUT2D eigenvalue weighted by molar-refractivity contribution is -0.122. The van der Waals surface area contributed by atoms with Crippen molar-refractivity contribution in [1.29, 1.82) is 0 Å². The van der Waals surface area contributed by atoms with Crippen molar-refractivity contribution in [1.82, 2.24) is 10.2 Å². The second-order valence-corrected chi connectivity index (χ2v) is 4.66. The van der Waals surface area contributed by atoms with E-state index in [2.05, 4.69) is 10.2 Å². The minimum absolute atomic E-state index is 0.116. The SMILES string of the molecule is COCCN(CCCN)CC(=O)NCC1CC1. The maximum atomic E-state index is 11.7. The van der Waals surface area contributed by atoms with Crippen molar-refractivity contribution in [3.05, 3.63) is 0 Å². The molecule has 5 heteroatoms. The first kappa shape index (κ1) is 14.4. The first-order valence-electron chi connectivity index (χ1n) is 6.44. The van der Waals surface area contributed by atoms with Gasteiger partial charge in [0.1, 0.15) is 0 Å². The molecule has 0 atom stereocenters. The van der Waals surface area contributed by atoms with Crippen molar-refractivity contribution in [2.45, 2.75) is 19.3 Å². The van der Waals surface area contributed by atoms with E-state index in [-0.39, 0.29) is 5.91 Å². The summed E-state index contributed by atoms with van der Waals surface area (Å²) in [4.78, 5) is 13.8. The van der Waals surface area contributed by atoms with Crippen LogP contribution in [0.1, 0.15) is 19.3 Å². The standard InChI is InChI=1S/C12H25N3O2/c1-17-8-7-15(6-2-5-13)10-12(16)14-9-11-3-4-11/h11H,2-10,13H2,1H3,(H,14,16). The number of nitrogens with one attached hydrogen (secondary N) is 1. The minimum atomic E-state index is 0.116. The third-order valence-corrected chi connectivity index (χ3v) is 2.94. The Morgan fingerprint density at radius 1 is 1.47 bits per heavy atom. The Bertz CT molecular complexity index is 212. The Morgan fingerprint density at radius 3 is 2.82 bits per heavy atom. The Morgan fingerprint density at radius 2 is 2.24 bits per heavy atom. The molecule has 0 radical (unpaired) electrons. The van der Waals surface area contributed by atoms with E-state index < -0.39 is 0 Å². The smallest absolute Gasteiger partial charge is 0.234 e. The third-order valence-electron chi connectivity index (χ3n) is 2.94. The second kappa shape index (κ2) is 8.44. The number of carbonyl (C=O) groups is 1. The van der Waals surface area contributed by atoms with E-state index in [0.29, 0.717) is 19.7 Å². The third kappa shape index (κ3) is 7.31. The normalized spacial score (nSPS) is 15.2. The highest BCUT2D eigenvalue weighted by Gasteiger charge is 2.21. The summed E-state index contributed by atoms with van der Waals surface area (Å²) >= 11 is 0. The number of nitrogens with zero attached hydrogens (tertiary/aromatic N) is 1. The van der Waals surface area contributed by atoms with Crippen LogP contribution in [0.4, 0.5) is 0 Å². The van der Waals surface area contributed by atoms with Crippen molar-refractivity contribution in [2.75, 3.05) is 46.4 Å². The predicted molar refractivity (Wildman–Crippen MR) is 67.7 cm³/mol. The summed E-state index contributed by atoms with van der Waals surface area (Å²) in [6.45, 7) is 4.25. The van der Waals surface area contributed by atoms with Gasteiger partial charge in [0.25, 0.3) is 0 Å². The molecule has 1 fully saturated rings. The Hall–Kier alpha value is -0.650. The molecule has 0 spiro atoms. The summed E-state index contributed by atoms with van der Waals surface area (Å²) < 4.78 is 5.04. The van der Waals surface area contributed by atoms with E-state index in [1.54, 1.807) is 7.11 Å². The van der Waals surface area contributed by atoms with Crippen LogP contribution in [0.15, 0.2) is 0 Å². The van der Waals surface area contributed by atoms with Crippen molar-refractivity contribution < 1.29 is 9.53 Å². The van der Waals surface area contributed by atoms with Gasteiger partial charge in [-0.3, -0.25) is 9.69 Å². The number of hydrogen-bond donors (Lipinski definition) is 2. The molecule has 1 aliphatic rings. The summed E-state index contributed by atoms with van der Waals surface area (Å²) in [5, 5.41) is 2.98. The zero-order chi connectivity index (χ0) is 12.5. The number of hydrogen-bond acceptors (Lipinski definition) is 4. The molecule has 0 aromatic rings. The zero-order valence-corrected chi connectivity index (χ0v) is 10.8. The Balaban J connectivity index is 2.16. The van der Waals surface area contributed by atoms with Gasteiger partial charge in [0, 0.05) is 20.2 Å².